The quantitative estimate of drug-likeness (QED) is 0.860. The van der Waals surface area contributed by atoms with Gasteiger partial charge in [0, 0.05) is 11.1 Å². The number of aromatic nitrogens is 3. The lowest BCUT2D eigenvalue weighted by Gasteiger charge is -2.41. The van der Waals surface area contributed by atoms with Crippen LogP contribution in [-0.4, -0.2) is 31.6 Å². The van der Waals surface area contributed by atoms with E-state index in [2.05, 4.69) is 21.7 Å². The van der Waals surface area contributed by atoms with E-state index in [1.165, 1.54) is 18.2 Å². The highest BCUT2D eigenvalue weighted by Crippen LogP contribution is 2.43. The van der Waals surface area contributed by atoms with E-state index >= 15 is 0 Å². The van der Waals surface area contributed by atoms with Crippen LogP contribution in [0.5, 0.6) is 0 Å². The molecule has 0 radical (unpaired) electrons. The molecule has 0 atom stereocenters. The number of thioether (sulfide) groups is 1. The van der Waals surface area contributed by atoms with Crippen LogP contribution >= 0.6 is 11.8 Å². The SMILES string of the molecule is CC1(n2c(SCC(=O)O)nnc2-c2ccccc2)CCC1. The summed E-state index contributed by atoms with van der Waals surface area (Å²) < 4.78 is 2.12. The van der Waals surface area contributed by atoms with Crippen molar-refractivity contribution in [1.29, 1.82) is 0 Å². The zero-order valence-corrected chi connectivity index (χ0v) is 12.6. The molecular weight excluding hydrogens is 286 g/mol. The van der Waals surface area contributed by atoms with Gasteiger partial charge in [0.1, 0.15) is 0 Å². The van der Waals surface area contributed by atoms with Gasteiger partial charge in [0.2, 0.25) is 0 Å². The Bertz CT molecular complexity index is 650. The number of carboxylic acid groups (broad SMARTS) is 1. The van der Waals surface area contributed by atoms with E-state index in [1.54, 1.807) is 0 Å². The Balaban J connectivity index is 2.02. The van der Waals surface area contributed by atoms with Gasteiger partial charge < -0.3 is 5.11 Å². The third-order valence-corrected chi connectivity index (χ3v) is 4.87. The predicted molar refractivity (Wildman–Crippen MR) is 81.3 cm³/mol. The Morgan fingerprint density at radius 1 is 1.33 bits per heavy atom. The second-order valence-corrected chi connectivity index (χ2v) is 6.48. The molecule has 21 heavy (non-hydrogen) atoms. The number of carbonyl (C=O) groups is 1. The first-order valence-corrected chi connectivity index (χ1v) is 7.95. The fourth-order valence-electron chi connectivity index (χ4n) is 2.66. The van der Waals surface area contributed by atoms with E-state index < -0.39 is 5.97 Å². The Morgan fingerprint density at radius 3 is 2.62 bits per heavy atom. The molecule has 1 N–H and O–H groups in total. The number of aliphatic carboxylic acids is 1. The summed E-state index contributed by atoms with van der Waals surface area (Å²) in [5.41, 5.74) is 1.01. The fourth-order valence-corrected chi connectivity index (χ4v) is 3.45. The maximum absolute atomic E-state index is 10.8. The van der Waals surface area contributed by atoms with Crippen molar-refractivity contribution in [1.82, 2.24) is 14.8 Å². The van der Waals surface area contributed by atoms with E-state index in [9.17, 15) is 4.79 Å². The lowest BCUT2D eigenvalue weighted by Crippen LogP contribution is -2.38. The second-order valence-electron chi connectivity index (χ2n) is 5.54. The van der Waals surface area contributed by atoms with E-state index in [0.29, 0.717) is 5.16 Å². The van der Waals surface area contributed by atoms with Crippen LogP contribution in [0.15, 0.2) is 35.5 Å². The zero-order chi connectivity index (χ0) is 14.9. The van der Waals surface area contributed by atoms with Crippen LogP contribution in [0.3, 0.4) is 0 Å². The fraction of sp³-hybridized carbons (Fsp3) is 0.400. The van der Waals surface area contributed by atoms with E-state index in [4.69, 9.17) is 5.11 Å². The molecule has 1 fully saturated rings. The number of rotatable bonds is 5. The van der Waals surface area contributed by atoms with Crippen molar-refractivity contribution in [3.05, 3.63) is 30.3 Å². The Hall–Kier alpha value is -1.82. The summed E-state index contributed by atoms with van der Waals surface area (Å²) in [6, 6.07) is 9.93. The Morgan fingerprint density at radius 2 is 2.05 bits per heavy atom. The van der Waals surface area contributed by atoms with Gasteiger partial charge in [-0.3, -0.25) is 9.36 Å². The van der Waals surface area contributed by atoms with Gasteiger partial charge in [-0.05, 0) is 26.2 Å². The van der Waals surface area contributed by atoms with Gasteiger partial charge in [0.25, 0.3) is 0 Å². The number of hydrogen-bond donors (Lipinski definition) is 1. The minimum absolute atomic E-state index is 0.00298. The second kappa shape index (κ2) is 5.52. The molecule has 2 aromatic rings. The molecule has 1 saturated carbocycles. The molecule has 1 aliphatic rings. The molecule has 1 aliphatic carbocycles. The third kappa shape index (κ3) is 2.68. The molecule has 110 valence electrons. The number of carboxylic acids is 1. The van der Waals surface area contributed by atoms with Crippen molar-refractivity contribution in [2.75, 3.05) is 5.75 Å². The number of benzene rings is 1. The molecule has 1 heterocycles. The van der Waals surface area contributed by atoms with Crippen molar-refractivity contribution in [3.63, 3.8) is 0 Å². The summed E-state index contributed by atoms with van der Waals surface area (Å²) in [4.78, 5) is 10.8. The lowest BCUT2D eigenvalue weighted by atomic mass is 9.78. The molecule has 0 unspecified atom stereocenters. The summed E-state index contributed by atoms with van der Waals surface area (Å²) in [6.45, 7) is 2.19. The van der Waals surface area contributed by atoms with Crippen LogP contribution in [-0.2, 0) is 10.3 Å². The van der Waals surface area contributed by atoms with Crippen molar-refractivity contribution in [3.8, 4) is 11.4 Å². The highest BCUT2D eigenvalue weighted by molar-refractivity contribution is 7.99. The molecule has 6 heteroatoms. The smallest absolute Gasteiger partial charge is 0.313 e. The standard InChI is InChI=1S/C15H17N3O2S/c1-15(8-5-9-15)18-13(11-6-3-2-4-7-11)16-17-14(18)21-10-12(19)20/h2-4,6-7H,5,8-10H2,1H3,(H,19,20). The molecule has 0 aliphatic heterocycles. The molecule has 5 nitrogen and oxygen atoms in total. The molecule has 0 amide bonds. The first kappa shape index (κ1) is 14.1. The molecule has 3 rings (SSSR count). The van der Waals surface area contributed by atoms with E-state index in [1.807, 2.05) is 30.3 Å². The van der Waals surface area contributed by atoms with Crippen LogP contribution in [0.25, 0.3) is 11.4 Å². The average molecular weight is 303 g/mol. The summed E-state index contributed by atoms with van der Waals surface area (Å²) in [6.07, 6.45) is 3.34. The predicted octanol–water partition coefficient (Wildman–Crippen LogP) is 3.02. The monoisotopic (exact) mass is 303 g/mol. The van der Waals surface area contributed by atoms with Crippen LogP contribution < -0.4 is 0 Å². The highest BCUT2D eigenvalue weighted by Gasteiger charge is 2.38. The normalized spacial score (nSPS) is 16.4. The minimum atomic E-state index is -0.838. The van der Waals surface area contributed by atoms with Gasteiger partial charge in [-0.15, -0.1) is 10.2 Å². The maximum Gasteiger partial charge on any atom is 0.313 e. The topological polar surface area (TPSA) is 68.0 Å². The van der Waals surface area contributed by atoms with Crippen LogP contribution in [0.4, 0.5) is 0 Å². The third-order valence-electron chi connectivity index (χ3n) is 3.96. The van der Waals surface area contributed by atoms with Crippen molar-refractivity contribution in [2.24, 2.45) is 0 Å². The molecular formula is C15H17N3O2S. The Labute approximate surface area is 127 Å². The van der Waals surface area contributed by atoms with Crippen LogP contribution in [0.2, 0.25) is 0 Å². The highest BCUT2D eigenvalue weighted by atomic mass is 32.2. The van der Waals surface area contributed by atoms with Crippen molar-refractivity contribution in [2.45, 2.75) is 36.9 Å². The van der Waals surface area contributed by atoms with Crippen LogP contribution in [0.1, 0.15) is 26.2 Å². The summed E-state index contributed by atoms with van der Waals surface area (Å²) >= 11 is 1.24. The van der Waals surface area contributed by atoms with Crippen LogP contribution in [0, 0.1) is 0 Å². The van der Waals surface area contributed by atoms with Gasteiger partial charge in [0.05, 0.1) is 5.75 Å². The summed E-state index contributed by atoms with van der Waals surface area (Å²) in [5.74, 6) is -0.0107. The van der Waals surface area contributed by atoms with Gasteiger partial charge >= 0.3 is 5.97 Å². The van der Waals surface area contributed by atoms with Crippen molar-refractivity contribution < 1.29 is 9.90 Å². The molecule has 0 spiro atoms. The number of hydrogen-bond acceptors (Lipinski definition) is 4. The lowest BCUT2D eigenvalue weighted by molar-refractivity contribution is -0.133. The van der Waals surface area contributed by atoms with Gasteiger partial charge in [0.15, 0.2) is 11.0 Å². The summed E-state index contributed by atoms with van der Waals surface area (Å²) in [7, 11) is 0. The van der Waals surface area contributed by atoms with Gasteiger partial charge in [-0.2, -0.15) is 0 Å². The van der Waals surface area contributed by atoms with Gasteiger partial charge in [-0.25, -0.2) is 0 Å². The Kier molecular flexibility index (Phi) is 3.71. The van der Waals surface area contributed by atoms with E-state index in [-0.39, 0.29) is 11.3 Å². The maximum atomic E-state index is 10.8. The molecule has 1 aromatic carbocycles. The van der Waals surface area contributed by atoms with Gasteiger partial charge in [-0.1, -0.05) is 42.1 Å². The zero-order valence-electron chi connectivity index (χ0n) is 11.8. The van der Waals surface area contributed by atoms with Crippen molar-refractivity contribution >= 4 is 17.7 Å². The first-order chi connectivity index (χ1) is 10.1. The minimum Gasteiger partial charge on any atom is -0.481 e. The van der Waals surface area contributed by atoms with E-state index in [0.717, 1.165) is 24.2 Å². The average Bonchev–Trinajstić information content (AvgIpc) is 2.87. The molecule has 1 aromatic heterocycles. The first-order valence-electron chi connectivity index (χ1n) is 6.96. The largest absolute Gasteiger partial charge is 0.481 e. The molecule has 0 bridgehead atoms. The summed E-state index contributed by atoms with van der Waals surface area (Å²) in [5, 5.41) is 18.1. The number of nitrogens with zero attached hydrogens (tertiary/aromatic N) is 3. The molecule has 0 saturated heterocycles.